The third kappa shape index (κ3) is 3.43. The fourth-order valence-electron chi connectivity index (χ4n) is 2.22. The van der Waals surface area contributed by atoms with Crippen molar-refractivity contribution in [2.24, 2.45) is 0 Å². The summed E-state index contributed by atoms with van der Waals surface area (Å²) in [7, 11) is 0. The maximum absolute atomic E-state index is 12.8. The monoisotopic (exact) mass is 426 g/mol. The van der Waals surface area contributed by atoms with Gasteiger partial charge in [0.2, 0.25) is 0 Å². The van der Waals surface area contributed by atoms with Crippen LogP contribution in [-0.4, -0.2) is 23.7 Å². The molecule has 25 heavy (non-hydrogen) atoms. The van der Waals surface area contributed by atoms with Crippen LogP contribution in [0.2, 0.25) is 0 Å². The minimum Gasteiger partial charge on any atom is -0.369 e. The van der Waals surface area contributed by atoms with Crippen LogP contribution in [0.4, 0.5) is 26.3 Å². The van der Waals surface area contributed by atoms with E-state index in [1.165, 1.54) is 18.2 Å². The lowest BCUT2D eigenvalue weighted by molar-refractivity contribution is -0.376. The topological polar surface area (TPSA) is 37.3 Å². The van der Waals surface area contributed by atoms with Crippen LogP contribution < -0.4 is 0 Å². The largest absolute Gasteiger partial charge is 0.430 e. The number of benzene rings is 2. The van der Waals surface area contributed by atoms with Gasteiger partial charge in [0.25, 0.3) is 5.60 Å². The smallest absolute Gasteiger partial charge is 0.369 e. The molecule has 0 saturated heterocycles. The highest BCUT2D eigenvalue weighted by Gasteiger charge is 2.71. The Labute approximate surface area is 146 Å². The average Bonchev–Trinajstić information content (AvgIpc) is 2.52. The maximum Gasteiger partial charge on any atom is 0.430 e. The van der Waals surface area contributed by atoms with Gasteiger partial charge in [0, 0.05) is 15.6 Å². The van der Waals surface area contributed by atoms with Crippen molar-refractivity contribution in [1.82, 2.24) is 0 Å². The Hall–Kier alpha value is -1.87. The molecule has 0 spiro atoms. The van der Waals surface area contributed by atoms with Gasteiger partial charge in [0.15, 0.2) is 0 Å². The number of hydrogen-bond donors (Lipinski definition) is 1. The van der Waals surface area contributed by atoms with E-state index in [9.17, 15) is 36.2 Å². The fourth-order valence-corrected chi connectivity index (χ4v) is 2.84. The molecule has 0 unspecified atom stereocenters. The Morgan fingerprint density at radius 2 is 1.40 bits per heavy atom. The number of halogens is 7. The summed E-state index contributed by atoms with van der Waals surface area (Å²) in [5.74, 6) is 0. The molecule has 0 saturated carbocycles. The molecular formula is C16H9BrF6O2. The van der Waals surface area contributed by atoms with Crippen molar-refractivity contribution in [2.75, 3.05) is 0 Å². The second-order valence-electron chi connectivity index (χ2n) is 5.14. The van der Waals surface area contributed by atoms with Crippen LogP contribution >= 0.6 is 15.9 Å². The summed E-state index contributed by atoms with van der Waals surface area (Å²) >= 11 is 3.18. The zero-order valence-corrected chi connectivity index (χ0v) is 13.7. The molecule has 0 atom stereocenters. The molecule has 2 aromatic carbocycles. The van der Waals surface area contributed by atoms with Crippen molar-refractivity contribution in [3.05, 3.63) is 58.1 Å². The van der Waals surface area contributed by atoms with E-state index in [1.54, 1.807) is 0 Å². The second kappa shape index (κ2) is 6.45. The number of aliphatic hydroxyl groups is 1. The lowest BCUT2D eigenvalue weighted by atomic mass is 9.90. The van der Waals surface area contributed by atoms with Crippen LogP contribution in [0.15, 0.2) is 46.9 Å². The van der Waals surface area contributed by atoms with Gasteiger partial charge in [-0.15, -0.1) is 0 Å². The molecular weight excluding hydrogens is 418 g/mol. The molecule has 0 aliphatic rings. The van der Waals surface area contributed by atoms with Gasteiger partial charge in [-0.05, 0) is 17.2 Å². The summed E-state index contributed by atoms with van der Waals surface area (Å²) in [6.07, 6.45) is -11.3. The van der Waals surface area contributed by atoms with E-state index < -0.39 is 23.5 Å². The molecule has 1 N–H and O–H groups in total. The average molecular weight is 427 g/mol. The van der Waals surface area contributed by atoms with Crippen molar-refractivity contribution in [1.29, 1.82) is 0 Å². The predicted molar refractivity (Wildman–Crippen MR) is 81.0 cm³/mol. The van der Waals surface area contributed by atoms with Crippen LogP contribution in [0.1, 0.15) is 15.9 Å². The van der Waals surface area contributed by atoms with E-state index in [-0.39, 0.29) is 0 Å². The summed E-state index contributed by atoms with van der Waals surface area (Å²) < 4.78 is 77.5. The number of alkyl halides is 6. The zero-order chi connectivity index (χ0) is 19.0. The Bertz CT molecular complexity index is 767. The molecule has 0 aliphatic heterocycles. The van der Waals surface area contributed by atoms with E-state index in [4.69, 9.17) is 0 Å². The van der Waals surface area contributed by atoms with E-state index in [2.05, 4.69) is 15.9 Å². The summed E-state index contributed by atoms with van der Waals surface area (Å²) in [6.45, 7) is 0. The highest BCUT2D eigenvalue weighted by atomic mass is 79.9. The SMILES string of the molecule is O=Cc1ccc(-c2ccc(C(O)(C(F)(F)F)C(F)(F)F)cc2)c(Br)c1. The Kier molecular flexibility index (Phi) is 5.02. The van der Waals surface area contributed by atoms with Crippen LogP contribution in [0.25, 0.3) is 11.1 Å². The zero-order valence-electron chi connectivity index (χ0n) is 12.1. The van der Waals surface area contributed by atoms with Gasteiger partial charge in [-0.25, -0.2) is 0 Å². The van der Waals surface area contributed by atoms with Crippen LogP contribution in [-0.2, 0) is 5.60 Å². The summed E-state index contributed by atoms with van der Waals surface area (Å²) in [5.41, 5.74) is -5.19. The van der Waals surface area contributed by atoms with Crippen LogP contribution in [0, 0.1) is 0 Å². The minimum absolute atomic E-state index is 0.305. The summed E-state index contributed by atoms with van der Waals surface area (Å²) in [4.78, 5) is 10.7. The number of carbonyl (C=O) groups is 1. The molecule has 2 aromatic rings. The first-order chi connectivity index (χ1) is 11.4. The Morgan fingerprint density at radius 1 is 0.880 bits per heavy atom. The molecule has 0 bridgehead atoms. The number of carbonyl (C=O) groups excluding carboxylic acids is 1. The second-order valence-corrected chi connectivity index (χ2v) is 5.99. The number of aldehydes is 1. The molecule has 9 heteroatoms. The molecule has 0 heterocycles. The number of rotatable bonds is 3. The normalized spacial score (nSPS) is 13.0. The molecule has 0 fully saturated rings. The van der Waals surface area contributed by atoms with E-state index in [0.29, 0.717) is 39.6 Å². The third-order valence-corrected chi connectivity index (χ3v) is 4.22. The van der Waals surface area contributed by atoms with Gasteiger partial charge < -0.3 is 5.11 Å². The predicted octanol–water partition coefficient (Wildman–Crippen LogP) is 5.24. The molecule has 0 amide bonds. The minimum atomic E-state index is -5.93. The first-order valence-corrected chi connectivity index (χ1v) is 7.42. The van der Waals surface area contributed by atoms with Crippen molar-refractivity contribution in [3.63, 3.8) is 0 Å². The summed E-state index contributed by atoms with van der Waals surface area (Å²) in [6, 6.07) is 7.58. The molecule has 0 radical (unpaired) electrons. The first-order valence-electron chi connectivity index (χ1n) is 6.63. The van der Waals surface area contributed by atoms with Crippen molar-refractivity contribution in [3.8, 4) is 11.1 Å². The first kappa shape index (κ1) is 19.5. The maximum atomic E-state index is 12.8. The van der Waals surface area contributed by atoms with E-state index in [0.717, 1.165) is 12.1 Å². The van der Waals surface area contributed by atoms with Crippen LogP contribution in [0.3, 0.4) is 0 Å². The Morgan fingerprint density at radius 3 is 1.80 bits per heavy atom. The van der Waals surface area contributed by atoms with E-state index >= 15 is 0 Å². The highest BCUT2D eigenvalue weighted by molar-refractivity contribution is 9.10. The standard InChI is InChI=1S/C16H9BrF6O2/c17-13-7-9(8-24)1-6-12(13)10-2-4-11(5-3-10)14(25,15(18,19)20)16(21,22)23/h1-8,25H. The molecule has 2 nitrogen and oxygen atoms in total. The Balaban J connectivity index is 2.51. The van der Waals surface area contributed by atoms with Crippen molar-refractivity contribution >= 4 is 22.2 Å². The van der Waals surface area contributed by atoms with Crippen LogP contribution in [0.5, 0.6) is 0 Å². The van der Waals surface area contributed by atoms with E-state index in [1.807, 2.05) is 0 Å². The highest BCUT2D eigenvalue weighted by Crippen LogP contribution is 2.50. The van der Waals surface area contributed by atoms with Gasteiger partial charge >= 0.3 is 12.4 Å². The molecule has 2 rings (SSSR count). The van der Waals surface area contributed by atoms with Crippen molar-refractivity contribution in [2.45, 2.75) is 18.0 Å². The molecule has 0 aliphatic carbocycles. The lowest BCUT2D eigenvalue weighted by Crippen LogP contribution is -2.53. The fraction of sp³-hybridized carbons (Fsp3) is 0.188. The number of hydrogen-bond acceptors (Lipinski definition) is 2. The molecule has 0 aromatic heterocycles. The lowest BCUT2D eigenvalue weighted by Gasteiger charge is -2.32. The summed E-state index contributed by atoms with van der Waals surface area (Å²) in [5, 5.41) is 9.34. The van der Waals surface area contributed by atoms with Gasteiger partial charge in [-0.1, -0.05) is 52.3 Å². The van der Waals surface area contributed by atoms with Gasteiger partial charge in [-0.3, -0.25) is 4.79 Å². The van der Waals surface area contributed by atoms with Gasteiger partial charge in [-0.2, -0.15) is 26.3 Å². The third-order valence-electron chi connectivity index (χ3n) is 3.56. The quantitative estimate of drug-likeness (QED) is 0.538. The van der Waals surface area contributed by atoms with Gasteiger partial charge in [0.05, 0.1) is 0 Å². The molecule has 134 valence electrons. The van der Waals surface area contributed by atoms with Crippen molar-refractivity contribution < 1.29 is 36.2 Å². The van der Waals surface area contributed by atoms with Gasteiger partial charge in [0.1, 0.15) is 6.29 Å².